The number of rotatable bonds is 6. The molecule has 1 unspecified atom stereocenters. The lowest BCUT2D eigenvalue weighted by molar-refractivity contribution is 0.140. The van der Waals surface area contributed by atoms with Crippen LogP contribution in [0.25, 0.3) is 0 Å². The predicted molar refractivity (Wildman–Crippen MR) is 129 cm³/mol. The van der Waals surface area contributed by atoms with Crippen molar-refractivity contribution >= 4 is 11.7 Å². The Balaban J connectivity index is 1.31. The molecule has 1 atom stereocenters. The number of fused-ring (bicyclic) bond motifs is 1. The van der Waals surface area contributed by atoms with E-state index in [4.69, 9.17) is 15.2 Å². The molecule has 0 bridgehead atoms. The molecular weight excluding hydrogens is 416 g/mol. The standard InChI is InChI=1S/C26H34N4O3/c1-32-24-11-10-21(14-25(24)33-23-8-4-5-9-23)29-12-13-30(26(27)31)22(18-29)17-28-15-19-6-2-3-7-20(19)16-28/h2-3,6-7,10-11,14,22-23H,4-5,8-9,12-13,15-18H2,1H3,(H2,27,31). The number of piperazine rings is 1. The van der Waals surface area contributed by atoms with Gasteiger partial charge in [-0.1, -0.05) is 24.3 Å². The molecular formula is C26H34N4O3. The third kappa shape index (κ3) is 4.74. The van der Waals surface area contributed by atoms with E-state index in [-0.39, 0.29) is 18.2 Å². The molecule has 0 spiro atoms. The van der Waals surface area contributed by atoms with Crippen molar-refractivity contribution in [1.29, 1.82) is 0 Å². The Hall–Kier alpha value is -2.93. The van der Waals surface area contributed by atoms with Gasteiger partial charge in [0.15, 0.2) is 11.5 Å². The first-order valence-electron chi connectivity index (χ1n) is 12.1. The number of urea groups is 1. The van der Waals surface area contributed by atoms with E-state index in [2.05, 4.69) is 46.2 Å². The number of anilines is 1. The summed E-state index contributed by atoms with van der Waals surface area (Å²) < 4.78 is 11.9. The minimum absolute atomic E-state index is 0.0341. The number of methoxy groups -OCH3 is 1. The molecule has 7 nitrogen and oxygen atoms in total. The molecule has 2 N–H and O–H groups in total. The fourth-order valence-corrected chi connectivity index (χ4v) is 5.51. The van der Waals surface area contributed by atoms with E-state index >= 15 is 0 Å². The van der Waals surface area contributed by atoms with Crippen LogP contribution in [0.1, 0.15) is 36.8 Å². The lowest BCUT2D eigenvalue weighted by Crippen LogP contribution is -2.59. The number of ether oxygens (including phenoxy) is 2. The summed E-state index contributed by atoms with van der Waals surface area (Å²) in [7, 11) is 1.69. The first-order valence-corrected chi connectivity index (χ1v) is 12.1. The van der Waals surface area contributed by atoms with Gasteiger partial charge >= 0.3 is 6.03 Å². The maximum absolute atomic E-state index is 12.2. The van der Waals surface area contributed by atoms with Crippen LogP contribution in [-0.4, -0.2) is 61.3 Å². The number of nitrogens with two attached hydrogens (primary N) is 1. The van der Waals surface area contributed by atoms with Crippen LogP contribution in [-0.2, 0) is 13.1 Å². The third-order valence-electron chi connectivity index (χ3n) is 7.25. The number of carbonyl (C=O) groups is 1. The molecule has 2 fully saturated rings. The zero-order valence-corrected chi connectivity index (χ0v) is 19.4. The number of hydrogen-bond donors (Lipinski definition) is 1. The molecule has 1 saturated carbocycles. The summed E-state index contributed by atoms with van der Waals surface area (Å²) in [5, 5.41) is 0. The van der Waals surface area contributed by atoms with Gasteiger partial charge in [0.1, 0.15) is 0 Å². The van der Waals surface area contributed by atoms with E-state index in [0.29, 0.717) is 6.54 Å². The van der Waals surface area contributed by atoms with Crippen LogP contribution in [0.3, 0.4) is 0 Å². The number of benzene rings is 2. The van der Waals surface area contributed by atoms with Crippen LogP contribution in [0.15, 0.2) is 42.5 Å². The zero-order chi connectivity index (χ0) is 22.8. The summed E-state index contributed by atoms with van der Waals surface area (Å²) in [4.78, 5) is 18.8. The van der Waals surface area contributed by atoms with E-state index in [1.165, 1.54) is 24.0 Å². The molecule has 1 saturated heterocycles. The summed E-state index contributed by atoms with van der Waals surface area (Å²) in [5.41, 5.74) is 9.62. The molecule has 2 aromatic carbocycles. The van der Waals surface area contributed by atoms with E-state index < -0.39 is 0 Å². The highest BCUT2D eigenvalue weighted by Gasteiger charge is 2.33. The molecule has 0 aromatic heterocycles. The Bertz CT molecular complexity index is 966. The van der Waals surface area contributed by atoms with Gasteiger partial charge in [0.05, 0.1) is 19.3 Å². The zero-order valence-electron chi connectivity index (χ0n) is 19.4. The number of amides is 2. The van der Waals surface area contributed by atoms with Gasteiger partial charge in [0, 0.05) is 51.0 Å². The quantitative estimate of drug-likeness (QED) is 0.728. The Morgan fingerprint density at radius 1 is 1.03 bits per heavy atom. The topological polar surface area (TPSA) is 71.3 Å². The molecule has 5 rings (SSSR count). The second-order valence-corrected chi connectivity index (χ2v) is 9.43. The molecule has 1 aliphatic carbocycles. The largest absolute Gasteiger partial charge is 0.493 e. The highest BCUT2D eigenvalue weighted by Crippen LogP contribution is 2.36. The van der Waals surface area contributed by atoms with Crippen molar-refractivity contribution in [2.24, 2.45) is 5.73 Å². The van der Waals surface area contributed by atoms with Gasteiger partial charge < -0.3 is 25.0 Å². The normalized spacial score (nSPS) is 21.3. The summed E-state index contributed by atoms with van der Waals surface area (Å²) in [5.74, 6) is 1.58. The molecule has 2 heterocycles. The maximum Gasteiger partial charge on any atom is 0.315 e. The van der Waals surface area contributed by atoms with E-state index in [1.807, 2.05) is 11.0 Å². The van der Waals surface area contributed by atoms with Crippen LogP contribution < -0.4 is 20.1 Å². The third-order valence-corrected chi connectivity index (χ3v) is 7.25. The SMILES string of the molecule is COc1ccc(N2CCN(C(N)=O)C(CN3Cc4ccccc4C3)C2)cc1OC1CCCC1. The second-order valence-electron chi connectivity index (χ2n) is 9.43. The molecule has 3 aliphatic rings. The average Bonchev–Trinajstić information content (AvgIpc) is 3.48. The van der Waals surface area contributed by atoms with E-state index in [1.54, 1.807) is 7.11 Å². The number of carbonyl (C=O) groups excluding carboxylic acids is 1. The second kappa shape index (κ2) is 9.51. The summed E-state index contributed by atoms with van der Waals surface area (Å²) in [6, 6.07) is 14.4. The molecule has 7 heteroatoms. The van der Waals surface area contributed by atoms with Crippen molar-refractivity contribution in [2.75, 3.05) is 38.2 Å². The minimum Gasteiger partial charge on any atom is -0.493 e. The van der Waals surface area contributed by atoms with Crippen LogP contribution >= 0.6 is 0 Å². The van der Waals surface area contributed by atoms with Gasteiger partial charge in [-0.2, -0.15) is 0 Å². The van der Waals surface area contributed by atoms with Crippen LogP contribution in [0.5, 0.6) is 11.5 Å². The van der Waals surface area contributed by atoms with Crippen LogP contribution in [0.2, 0.25) is 0 Å². The Morgan fingerprint density at radius 2 is 1.76 bits per heavy atom. The van der Waals surface area contributed by atoms with Crippen molar-refractivity contribution < 1.29 is 14.3 Å². The molecule has 0 radical (unpaired) electrons. The molecule has 33 heavy (non-hydrogen) atoms. The van der Waals surface area contributed by atoms with Crippen molar-refractivity contribution in [1.82, 2.24) is 9.80 Å². The summed E-state index contributed by atoms with van der Waals surface area (Å²) in [6.07, 6.45) is 4.93. The smallest absolute Gasteiger partial charge is 0.315 e. The molecule has 2 aromatic rings. The van der Waals surface area contributed by atoms with Crippen molar-refractivity contribution in [3.63, 3.8) is 0 Å². The van der Waals surface area contributed by atoms with Crippen LogP contribution in [0, 0.1) is 0 Å². The van der Waals surface area contributed by atoms with Gasteiger partial charge in [0.2, 0.25) is 0 Å². The fourth-order valence-electron chi connectivity index (χ4n) is 5.51. The van der Waals surface area contributed by atoms with Gasteiger partial charge in [-0.05, 0) is 48.9 Å². The van der Waals surface area contributed by atoms with Gasteiger partial charge in [-0.25, -0.2) is 4.79 Å². The van der Waals surface area contributed by atoms with Crippen molar-refractivity contribution in [3.05, 3.63) is 53.6 Å². The van der Waals surface area contributed by atoms with Gasteiger partial charge in [0.25, 0.3) is 0 Å². The van der Waals surface area contributed by atoms with E-state index in [9.17, 15) is 4.79 Å². The maximum atomic E-state index is 12.2. The highest BCUT2D eigenvalue weighted by atomic mass is 16.5. The first kappa shape index (κ1) is 21.9. The van der Waals surface area contributed by atoms with Gasteiger partial charge in [-0.15, -0.1) is 0 Å². The predicted octanol–water partition coefficient (Wildman–Crippen LogP) is 3.60. The van der Waals surface area contributed by atoms with Crippen molar-refractivity contribution in [2.45, 2.75) is 50.9 Å². The monoisotopic (exact) mass is 450 g/mol. The highest BCUT2D eigenvalue weighted by molar-refractivity contribution is 5.73. The lowest BCUT2D eigenvalue weighted by atomic mass is 10.1. The fraction of sp³-hybridized carbons (Fsp3) is 0.500. The van der Waals surface area contributed by atoms with Crippen LogP contribution in [0.4, 0.5) is 10.5 Å². The first-order chi connectivity index (χ1) is 16.1. The Morgan fingerprint density at radius 3 is 2.42 bits per heavy atom. The van der Waals surface area contributed by atoms with E-state index in [0.717, 1.165) is 62.8 Å². The number of nitrogens with zero attached hydrogens (tertiary/aromatic N) is 3. The number of hydrogen-bond acceptors (Lipinski definition) is 5. The van der Waals surface area contributed by atoms with Crippen molar-refractivity contribution in [3.8, 4) is 11.5 Å². The Kier molecular flexibility index (Phi) is 6.31. The number of primary amides is 1. The molecule has 2 amide bonds. The average molecular weight is 451 g/mol. The summed E-state index contributed by atoms with van der Waals surface area (Å²) >= 11 is 0. The lowest BCUT2D eigenvalue weighted by Gasteiger charge is -2.43. The van der Waals surface area contributed by atoms with Gasteiger partial charge in [-0.3, -0.25) is 4.90 Å². The minimum atomic E-state index is -0.337. The Labute approximate surface area is 196 Å². The summed E-state index contributed by atoms with van der Waals surface area (Å²) in [6.45, 7) is 4.74. The molecule has 176 valence electrons. The molecule has 2 aliphatic heterocycles.